The third-order valence-corrected chi connectivity index (χ3v) is 2.76. The maximum atomic E-state index is 10.1. The predicted molar refractivity (Wildman–Crippen MR) is 85.8 cm³/mol. The van der Waals surface area contributed by atoms with Crippen molar-refractivity contribution in [1.29, 1.82) is 0 Å². The van der Waals surface area contributed by atoms with E-state index in [4.69, 9.17) is 0 Å². The van der Waals surface area contributed by atoms with E-state index in [1.54, 1.807) is 30.5 Å². The summed E-state index contributed by atoms with van der Waals surface area (Å²) in [4.78, 5) is 4.27. The molecule has 0 aliphatic rings. The van der Waals surface area contributed by atoms with Crippen LogP contribution < -0.4 is 5.59 Å². The van der Waals surface area contributed by atoms with Gasteiger partial charge in [-0.25, -0.2) is 0 Å². The van der Waals surface area contributed by atoms with Crippen molar-refractivity contribution < 1.29 is 5.11 Å². The van der Waals surface area contributed by atoms with Crippen LogP contribution in [0.15, 0.2) is 48.5 Å². The fraction of sp³-hybridized carbons (Fsp3) is 0. The highest BCUT2D eigenvalue weighted by Crippen LogP contribution is 2.34. The van der Waals surface area contributed by atoms with Gasteiger partial charge in [-0.15, -0.1) is 0 Å². The summed E-state index contributed by atoms with van der Waals surface area (Å²) in [7, 11) is 1.86. The predicted octanol–water partition coefficient (Wildman–Crippen LogP) is 1.64. The highest BCUT2D eigenvalue weighted by Gasteiger charge is 2.10. The molecular formula is C15H14BN3O. The molecule has 5 heteroatoms. The molecule has 0 saturated heterocycles. The van der Waals surface area contributed by atoms with Gasteiger partial charge in [0.1, 0.15) is 5.75 Å². The number of phenolic OH excluding ortho intramolecular Hbond substituents is 1. The van der Waals surface area contributed by atoms with Crippen molar-refractivity contribution in [3.05, 3.63) is 49.1 Å². The molecule has 0 fully saturated rings. The number of hydrogen-bond acceptors (Lipinski definition) is 4. The zero-order valence-corrected chi connectivity index (χ0v) is 11.2. The van der Waals surface area contributed by atoms with Gasteiger partial charge in [0.2, 0.25) is 0 Å². The zero-order valence-electron chi connectivity index (χ0n) is 11.2. The van der Waals surface area contributed by atoms with Gasteiger partial charge in [0.05, 0.1) is 11.4 Å². The molecule has 0 aliphatic heterocycles. The summed E-state index contributed by atoms with van der Waals surface area (Å²) in [6.45, 7) is 7.31. The number of nitrogens with zero attached hydrogens (tertiary/aromatic N) is 3. The molecule has 4 nitrogen and oxygen atoms in total. The smallest absolute Gasteiger partial charge is 0.166 e. The quantitative estimate of drug-likeness (QED) is 0.673. The Morgan fingerprint density at radius 1 is 1.20 bits per heavy atom. The van der Waals surface area contributed by atoms with E-state index in [2.05, 4.69) is 28.3 Å². The molecule has 0 bridgehead atoms. The number of aliphatic imine (C=N–C) groups is 1. The fourth-order valence-corrected chi connectivity index (χ4v) is 1.75. The Bertz CT molecular complexity index is 678. The molecule has 1 heterocycles. The van der Waals surface area contributed by atoms with Crippen molar-refractivity contribution in [1.82, 2.24) is 10.2 Å². The second-order valence-corrected chi connectivity index (χ2v) is 4.21. The molecule has 1 aromatic heterocycles. The summed E-state index contributed by atoms with van der Waals surface area (Å²) < 4.78 is 0. The van der Waals surface area contributed by atoms with E-state index in [0.29, 0.717) is 16.9 Å². The minimum atomic E-state index is 0.121. The fourth-order valence-electron chi connectivity index (χ4n) is 1.75. The molecular weight excluding hydrogens is 249 g/mol. The van der Waals surface area contributed by atoms with Crippen molar-refractivity contribution in [3.8, 4) is 17.0 Å². The molecule has 98 valence electrons. The Balaban J connectivity index is 2.58. The lowest BCUT2D eigenvalue weighted by Crippen LogP contribution is -2.09. The van der Waals surface area contributed by atoms with Crippen LogP contribution in [0.3, 0.4) is 0 Å². The highest BCUT2D eigenvalue weighted by atomic mass is 16.3. The average molecular weight is 263 g/mol. The van der Waals surface area contributed by atoms with Crippen molar-refractivity contribution in [3.63, 3.8) is 0 Å². The lowest BCUT2D eigenvalue weighted by atomic mass is 10.0. The van der Waals surface area contributed by atoms with E-state index in [1.807, 2.05) is 20.0 Å². The summed E-state index contributed by atoms with van der Waals surface area (Å²) >= 11 is 0. The van der Waals surface area contributed by atoms with Crippen LogP contribution in [0.4, 0.5) is 5.69 Å². The maximum Gasteiger partial charge on any atom is 0.166 e. The number of hydrogen-bond donors (Lipinski definition) is 1. The zero-order chi connectivity index (χ0) is 14.5. The van der Waals surface area contributed by atoms with Crippen molar-refractivity contribution >= 4 is 31.4 Å². The lowest BCUT2D eigenvalue weighted by Gasteiger charge is -2.08. The van der Waals surface area contributed by atoms with E-state index >= 15 is 0 Å². The van der Waals surface area contributed by atoms with Crippen LogP contribution >= 0.6 is 0 Å². The highest BCUT2D eigenvalue weighted by molar-refractivity contribution is 6.30. The van der Waals surface area contributed by atoms with Crippen LogP contribution in [0.1, 0.15) is 5.56 Å². The molecule has 1 N–H and O–H groups in total. The van der Waals surface area contributed by atoms with Gasteiger partial charge < -0.3 is 5.11 Å². The second kappa shape index (κ2) is 5.97. The van der Waals surface area contributed by atoms with Crippen molar-refractivity contribution in [2.75, 3.05) is 0 Å². The molecule has 0 unspecified atom stereocenters. The number of allylic oxidation sites excluding steroid dienone is 1. The van der Waals surface area contributed by atoms with Crippen LogP contribution in [0.5, 0.6) is 5.75 Å². The topological polar surface area (TPSA) is 58.4 Å². The Kier molecular flexibility index (Phi) is 4.10. The summed E-state index contributed by atoms with van der Waals surface area (Å²) in [5, 5.41) is 18.2. The summed E-state index contributed by atoms with van der Waals surface area (Å²) in [5.41, 5.74) is 3.43. The molecule has 0 atom stereocenters. The van der Waals surface area contributed by atoms with Crippen LogP contribution in [-0.4, -0.2) is 29.4 Å². The Morgan fingerprint density at radius 2 is 2.00 bits per heavy atom. The molecule has 2 rings (SSSR count). The monoisotopic (exact) mass is 263 g/mol. The number of benzene rings is 1. The number of aromatic nitrogens is 2. The number of rotatable bonds is 4. The molecule has 0 spiro atoms. The van der Waals surface area contributed by atoms with E-state index in [9.17, 15) is 5.11 Å². The first kappa shape index (κ1) is 13.7. The van der Waals surface area contributed by atoms with Gasteiger partial charge in [-0.2, -0.15) is 10.2 Å². The Labute approximate surface area is 118 Å². The van der Waals surface area contributed by atoms with Gasteiger partial charge in [0.15, 0.2) is 7.85 Å². The minimum Gasteiger partial charge on any atom is -0.507 e. The van der Waals surface area contributed by atoms with E-state index in [1.165, 1.54) is 0 Å². The summed E-state index contributed by atoms with van der Waals surface area (Å²) in [5.74, 6) is 0.121. The van der Waals surface area contributed by atoms with Crippen LogP contribution in [0.2, 0.25) is 0 Å². The SMILES string of the molecule is Bc1ccc(-c2cc(/N=C\C=C)c(C=C)cc2O)nn1. The molecule has 0 aliphatic carbocycles. The van der Waals surface area contributed by atoms with E-state index < -0.39 is 0 Å². The number of aromatic hydroxyl groups is 1. The molecule has 0 radical (unpaired) electrons. The first-order valence-electron chi connectivity index (χ1n) is 6.11. The first-order valence-corrected chi connectivity index (χ1v) is 6.11. The number of phenols is 1. The maximum absolute atomic E-state index is 10.1. The van der Waals surface area contributed by atoms with Gasteiger partial charge in [0.25, 0.3) is 0 Å². The molecule has 1 aromatic carbocycles. The van der Waals surface area contributed by atoms with Crippen LogP contribution in [0.25, 0.3) is 17.3 Å². The molecule has 2 aromatic rings. The minimum absolute atomic E-state index is 0.121. The van der Waals surface area contributed by atoms with Gasteiger partial charge >= 0.3 is 0 Å². The summed E-state index contributed by atoms with van der Waals surface area (Å²) in [6, 6.07) is 7.02. The summed E-state index contributed by atoms with van der Waals surface area (Å²) in [6.07, 6.45) is 4.81. The van der Waals surface area contributed by atoms with Crippen molar-refractivity contribution in [2.24, 2.45) is 4.99 Å². The van der Waals surface area contributed by atoms with Crippen LogP contribution in [-0.2, 0) is 0 Å². The normalized spacial score (nSPS) is 10.6. The van der Waals surface area contributed by atoms with Crippen molar-refractivity contribution in [2.45, 2.75) is 0 Å². The molecule has 0 amide bonds. The average Bonchev–Trinajstić information content (AvgIpc) is 2.46. The molecule has 20 heavy (non-hydrogen) atoms. The first-order chi connectivity index (χ1) is 9.65. The third kappa shape index (κ3) is 2.83. The second-order valence-electron chi connectivity index (χ2n) is 4.21. The van der Waals surface area contributed by atoms with Crippen LogP contribution in [0, 0.1) is 0 Å². The van der Waals surface area contributed by atoms with Gasteiger partial charge in [-0.1, -0.05) is 25.3 Å². The Morgan fingerprint density at radius 3 is 2.60 bits per heavy atom. The van der Waals surface area contributed by atoms with Gasteiger partial charge in [0, 0.05) is 22.9 Å². The standard InChI is InChI=1S/C15H14BN3O/c1-3-7-17-13-9-11(14(20)8-10(13)4-2)12-5-6-15(16)19-18-12/h3-9,20H,1-2,16H2/b17-7-. The molecule has 0 saturated carbocycles. The van der Waals surface area contributed by atoms with E-state index in [-0.39, 0.29) is 5.75 Å². The Hall–Kier alpha value is -2.69. The largest absolute Gasteiger partial charge is 0.507 e. The van der Waals surface area contributed by atoms with E-state index in [0.717, 1.165) is 11.2 Å². The third-order valence-electron chi connectivity index (χ3n) is 2.76. The van der Waals surface area contributed by atoms with Gasteiger partial charge in [-0.3, -0.25) is 4.99 Å². The lowest BCUT2D eigenvalue weighted by molar-refractivity contribution is 0.477. The van der Waals surface area contributed by atoms with Gasteiger partial charge in [-0.05, 0) is 24.3 Å².